The zero-order valence-electron chi connectivity index (χ0n) is 10.9. The summed E-state index contributed by atoms with van der Waals surface area (Å²) in [6, 6.07) is 5.55. The van der Waals surface area contributed by atoms with Gasteiger partial charge in [-0.15, -0.1) is 11.8 Å². The van der Waals surface area contributed by atoms with Gasteiger partial charge < -0.3 is 4.74 Å². The third-order valence-corrected chi connectivity index (χ3v) is 4.53. The van der Waals surface area contributed by atoms with Crippen LogP contribution in [0.4, 0.5) is 0 Å². The second kappa shape index (κ2) is 6.52. The van der Waals surface area contributed by atoms with Gasteiger partial charge in [0.05, 0.1) is 23.2 Å². The van der Waals surface area contributed by atoms with E-state index in [1.54, 1.807) is 20.4 Å². The van der Waals surface area contributed by atoms with E-state index in [2.05, 4.69) is 5.10 Å². The first-order chi connectivity index (χ1) is 9.52. The van der Waals surface area contributed by atoms with E-state index in [9.17, 15) is 4.79 Å². The molecule has 0 atom stereocenters. The summed E-state index contributed by atoms with van der Waals surface area (Å²) in [4.78, 5) is 12.3. The largest absolute Gasteiger partial charge is 0.495 e. The third-order valence-electron chi connectivity index (χ3n) is 2.66. The first-order valence-electron chi connectivity index (χ1n) is 5.70. The van der Waals surface area contributed by atoms with Gasteiger partial charge in [0.1, 0.15) is 10.8 Å². The molecule has 0 N–H and O–H groups in total. The second-order valence-electron chi connectivity index (χ2n) is 4.01. The van der Waals surface area contributed by atoms with Crippen molar-refractivity contribution in [2.75, 3.05) is 7.11 Å². The van der Waals surface area contributed by atoms with Gasteiger partial charge in [-0.2, -0.15) is 5.10 Å². The number of rotatable bonds is 4. The lowest BCUT2D eigenvalue weighted by atomic mass is 10.2. The molecule has 0 fully saturated rings. The molecule has 1 aromatic heterocycles. The molecule has 0 radical (unpaired) electrons. The Bertz CT molecular complexity index is 689. The lowest BCUT2D eigenvalue weighted by molar-refractivity contribution is 0.415. The van der Waals surface area contributed by atoms with Crippen molar-refractivity contribution in [1.29, 1.82) is 0 Å². The van der Waals surface area contributed by atoms with E-state index < -0.39 is 0 Å². The van der Waals surface area contributed by atoms with Gasteiger partial charge in [-0.05, 0) is 17.7 Å². The van der Waals surface area contributed by atoms with E-state index in [4.69, 9.17) is 27.9 Å². The maximum absolute atomic E-state index is 11.7. The highest BCUT2D eigenvalue weighted by Gasteiger charge is 2.09. The van der Waals surface area contributed by atoms with Crippen LogP contribution in [0.1, 0.15) is 5.56 Å². The monoisotopic (exact) mass is 330 g/mol. The van der Waals surface area contributed by atoms with E-state index in [1.807, 2.05) is 18.2 Å². The van der Waals surface area contributed by atoms with Crippen LogP contribution in [0.2, 0.25) is 10.0 Å². The Hall–Kier alpha value is -1.17. The van der Waals surface area contributed by atoms with E-state index in [0.717, 1.165) is 5.56 Å². The Kier molecular flexibility index (Phi) is 4.96. The Labute approximate surface area is 130 Å². The highest BCUT2D eigenvalue weighted by Crippen LogP contribution is 2.30. The summed E-state index contributed by atoms with van der Waals surface area (Å²) < 4.78 is 6.30. The van der Waals surface area contributed by atoms with Gasteiger partial charge in [-0.1, -0.05) is 29.3 Å². The van der Waals surface area contributed by atoms with E-state index >= 15 is 0 Å². The number of thioether (sulfide) groups is 1. The lowest BCUT2D eigenvalue weighted by Gasteiger charge is -2.07. The summed E-state index contributed by atoms with van der Waals surface area (Å²) in [7, 11) is 3.13. The molecule has 2 aromatic rings. The minimum absolute atomic E-state index is 0.187. The summed E-state index contributed by atoms with van der Waals surface area (Å²) in [6.45, 7) is 0. The molecule has 0 unspecified atom stereocenters. The average Bonchev–Trinajstić information content (AvgIpc) is 2.44. The summed E-state index contributed by atoms with van der Waals surface area (Å²) in [6.07, 6.45) is 1.58. The molecule has 0 saturated carbocycles. The van der Waals surface area contributed by atoms with Crippen LogP contribution in [0.15, 0.2) is 34.1 Å². The van der Waals surface area contributed by atoms with Crippen molar-refractivity contribution < 1.29 is 4.74 Å². The number of ether oxygens (including phenoxy) is 1. The van der Waals surface area contributed by atoms with Crippen LogP contribution >= 0.6 is 35.0 Å². The summed E-state index contributed by atoms with van der Waals surface area (Å²) in [5.41, 5.74) is 0.710. The molecule has 106 valence electrons. The Morgan fingerprint density at radius 2 is 2.15 bits per heavy atom. The van der Waals surface area contributed by atoms with Crippen LogP contribution in [-0.2, 0) is 12.8 Å². The molecular formula is C13H12Cl2N2O2S. The van der Waals surface area contributed by atoms with Crippen LogP contribution in [0.5, 0.6) is 5.75 Å². The number of aryl methyl sites for hydroxylation is 1. The lowest BCUT2D eigenvalue weighted by Crippen LogP contribution is -2.19. The van der Waals surface area contributed by atoms with Gasteiger partial charge in [-0.25, -0.2) is 4.68 Å². The molecule has 4 nitrogen and oxygen atoms in total. The molecule has 1 heterocycles. The number of benzene rings is 1. The zero-order valence-corrected chi connectivity index (χ0v) is 13.2. The molecule has 0 aliphatic rings. The fourth-order valence-corrected chi connectivity index (χ4v) is 3.01. The number of hydrogen-bond acceptors (Lipinski definition) is 4. The molecule has 1 aromatic carbocycles. The molecule has 0 aliphatic carbocycles. The molecule has 7 heteroatoms. The van der Waals surface area contributed by atoms with Crippen LogP contribution in [0.3, 0.4) is 0 Å². The van der Waals surface area contributed by atoms with Crippen molar-refractivity contribution >= 4 is 35.0 Å². The second-order valence-corrected chi connectivity index (χ2v) is 5.81. The van der Waals surface area contributed by atoms with Crippen LogP contribution < -0.4 is 10.3 Å². The van der Waals surface area contributed by atoms with Crippen molar-refractivity contribution in [3.8, 4) is 5.75 Å². The van der Waals surface area contributed by atoms with Crippen molar-refractivity contribution in [1.82, 2.24) is 9.78 Å². The van der Waals surface area contributed by atoms with Crippen molar-refractivity contribution in [3.63, 3.8) is 0 Å². The smallest absolute Gasteiger partial charge is 0.286 e. The van der Waals surface area contributed by atoms with Gasteiger partial charge >= 0.3 is 0 Å². The van der Waals surface area contributed by atoms with E-state index in [-0.39, 0.29) is 10.6 Å². The standard InChI is InChI=1S/C13H12Cl2N2O2S/c1-17-13(18)12(15)11(6-16-17)20-7-8-3-4-10(19-2)9(14)5-8/h3-6H,7H2,1-2H3. The fraction of sp³-hybridized carbons (Fsp3) is 0.231. The average molecular weight is 331 g/mol. The Morgan fingerprint density at radius 1 is 1.40 bits per heavy atom. The SMILES string of the molecule is COc1ccc(CSc2cnn(C)c(=O)c2Cl)cc1Cl. The van der Waals surface area contributed by atoms with Gasteiger partial charge in [0.15, 0.2) is 0 Å². The maximum atomic E-state index is 11.7. The fourth-order valence-electron chi connectivity index (χ4n) is 1.56. The summed E-state index contributed by atoms with van der Waals surface area (Å²) in [5, 5.41) is 4.69. The number of nitrogens with zero attached hydrogens (tertiary/aromatic N) is 2. The molecule has 0 aliphatic heterocycles. The molecular weight excluding hydrogens is 319 g/mol. The van der Waals surface area contributed by atoms with Gasteiger partial charge in [0, 0.05) is 12.8 Å². The van der Waals surface area contributed by atoms with Gasteiger partial charge in [-0.3, -0.25) is 4.79 Å². The van der Waals surface area contributed by atoms with Gasteiger partial charge in [0.25, 0.3) is 5.56 Å². The predicted molar refractivity (Wildman–Crippen MR) is 82.1 cm³/mol. The third kappa shape index (κ3) is 3.29. The zero-order chi connectivity index (χ0) is 14.7. The normalized spacial score (nSPS) is 10.6. The Morgan fingerprint density at radius 3 is 2.80 bits per heavy atom. The van der Waals surface area contributed by atoms with Crippen molar-refractivity contribution in [2.45, 2.75) is 10.6 Å². The topological polar surface area (TPSA) is 44.1 Å². The summed E-state index contributed by atoms with van der Waals surface area (Å²) >= 11 is 13.5. The molecule has 0 amide bonds. The first kappa shape index (κ1) is 15.2. The highest BCUT2D eigenvalue weighted by molar-refractivity contribution is 7.98. The van der Waals surface area contributed by atoms with Crippen LogP contribution in [0, 0.1) is 0 Å². The molecule has 0 spiro atoms. The van der Waals surface area contributed by atoms with Crippen LogP contribution in [-0.4, -0.2) is 16.9 Å². The van der Waals surface area contributed by atoms with Crippen LogP contribution in [0.25, 0.3) is 0 Å². The predicted octanol–water partition coefficient (Wildman–Crippen LogP) is 3.39. The molecule has 0 bridgehead atoms. The van der Waals surface area contributed by atoms with E-state index in [0.29, 0.717) is 21.4 Å². The highest BCUT2D eigenvalue weighted by atomic mass is 35.5. The van der Waals surface area contributed by atoms with E-state index in [1.165, 1.54) is 16.4 Å². The molecule has 20 heavy (non-hydrogen) atoms. The minimum Gasteiger partial charge on any atom is -0.495 e. The van der Waals surface area contributed by atoms with Crippen molar-refractivity contribution in [3.05, 3.63) is 50.4 Å². The number of aromatic nitrogens is 2. The minimum atomic E-state index is -0.301. The molecule has 0 saturated heterocycles. The molecule has 2 rings (SSSR count). The first-order valence-corrected chi connectivity index (χ1v) is 7.44. The summed E-state index contributed by atoms with van der Waals surface area (Å²) in [5.74, 6) is 1.27. The maximum Gasteiger partial charge on any atom is 0.286 e. The number of halogens is 2. The quantitative estimate of drug-likeness (QED) is 0.806. The number of hydrogen-bond donors (Lipinski definition) is 0. The number of methoxy groups -OCH3 is 1. The van der Waals surface area contributed by atoms with Gasteiger partial charge in [0.2, 0.25) is 0 Å². The van der Waals surface area contributed by atoms with Crippen molar-refractivity contribution in [2.24, 2.45) is 7.05 Å². The Balaban J connectivity index is 2.15.